The van der Waals surface area contributed by atoms with Gasteiger partial charge in [0.05, 0.1) is 11.9 Å². The monoisotopic (exact) mass is 378 g/mol. The molecule has 2 N–H and O–H groups in total. The number of aromatic nitrogens is 5. The van der Waals surface area contributed by atoms with Crippen LogP contribution in [0, 0.1) is 6.92 Å². The van der Waals surface area contributed by atoms with Crippen LogP contribution in [0.5, 0.6) is 0 Å². The Morgan fingerprint density at radius 3 is 2.67 bits per heavy atom. The molecular weight excluding hydrogens is 361 g/mol. The highest BCUT2D eigenvalue weighted by Gasteiger charge is 2.32. The van der Waals surface area contributed by atoms with E-state index >= 15 is 0 Å². The summed E-state index contributed by atoms with van der Waals surface area (Å²) in [6, 6.07) is 2.67. The van der Waals surface area contributed by atoms with E-state index in [1.54, 1.807) is 24.6 Å². The second kappa shape index (κ2) is 7.22. The molecular formula is C17H17F3N6O. The molecule has 7 nitrogen and oxygen atoms in total. The molecule has 0 spiro atoms. The summed E-state index contributed by atoms with van der Waals surface area (Å²) < 4.78 is 41.4. The molecule has 1 atom stereocenters. The zero-order valence-corrected chi connectivity index (χ0v) is 14.6. The summed E-state index contributed by atoms with van der Waals surface area (Å²) in [5.74, 6) is 0.154. The number of amides is 1. The van der Waals surface area contributed by atoms with Crippen LogP contribution in [-0.2, 0) is 11.0 Å². The van der Waals surface area contributed by atoms with Gasteiger partial charge in [-0.2, -0.15) is 18.3 Å². The van der Waals surface area contributed by atoms with Gasteiger partial charge in [-0.15, -0.1) is 0 Å². The highest BCUT2D eigenvalue weighted by molar-refractivity contribution is 5.94. The lowest BCUT2D eigenvalue weighted by Crippen LogP contribution is -2.25. The van der Waals surface area contributed by atoms with Crippen molar-refractivity contribution in [3.63, 3.8) is 0 Å². The van der Waals surface area contributed by atoms with E-state index in [-0.39, 0.29) is 17.1 Å². The first-order valence-corrected chi connectivity index (χ1v) is 8.18. The Morgan fingerprint density at radius 2 is 2.11 bits per heavy atom. The third kappa shape index (κ3) is 4.15. The largest absolute Gasteiger partial charge is 0.416 e. The van der Waals surface area contributed by atoms with Crippen LogP contribution < -0.4 is 5.32 Å². The number of carbonyl (C=O) groups excluding carboxylic acids is 1. The van der Waals surface area contributed by atoms with E-state index in [0.717, 1.165) is 12.1 Å². The number of rotatable bonds is 5. The molecule has 1 aromatic carbocycles. The van der Waals surface area contributed by atoms with Crippen molar-refractivity contribution in [1.29, 1.82) is 0 Å². The fourth-order valence-corrected chi connectivity index (χ4v) is 2.68. The lowest BCUT2D eigenvalue weighted by molar-refractivity contribution is -0.137. The number of halogens is 3. The molecule has 10 heteroatoms. The average Bonchev–Trinajstić information content (AvgIpc) is 3.26. The molecule has 27 heavy (non-hydrogen) atoms. The molecule has 0 fully saturated rings. The Morgan fingerprint density at radius 1 is 1.33 bits per heavy atom. The standard InChI is InChI=1S/C17H17F3N6O/c1-3-14(26-5-4-21-9-26)16(27)23-13-7-11(15-22-10(2)24-25-15)6-12(8-13)17(18,19)20/h4-9,14H,3H2,1-2H3,(H,23,27)(H,22,24,25). The summed E-state index contributed by atoms with van der Waals surface area (Å²) in [4.78, 5) is 20.5. The van der Waals surface area contributed by atoms with Gasteiger partial charge in [-0.05, 0) is 31.5 Å². The number of H-pyrrole nitrogens is 1. The van der Waals surface area contributed by atoms with E-state index in [1.807, 2.05) is 0 Å². The summed E-state index contributed by atoms with van der Waals surface area (Å²) in [5.41, 5.74) is -0.723. The van der Waals surface area contributed by atoms with Crippen molar-refractivity contribution in [3.05, 3.63) is 48.3 Å². The van der Waals surface area contributed by atoms with Gasteiger partial charge in [-0.1, -0.05) is 6.92 Å². The number of anilines is 1. The second-order valence-corrected chi connectivity index (χ2v) is 5.96. The Bertz CT molecular complexity index is 933. The lowest BCUT2D eigenvalue weighted by atomic mass is 10.1. The van der Waals surface area contributed by atoms with E-state index in [0.29, 0.717) is 12.2 Å². The van der Waals surface area contributed by atoms with Crippen LogP contribution >= 0.6 is 0 Å². The van der Waals surface area contributed by atoms with Crippen LogP contribution in [0.25, 0.3) is 11.4 Å². The van der Waals surface area contributed by atoms with Gasteiger partial charge in [0.2, 0.25) is 5.91 Å². The number of aryl methyl sites for hydroxylation is 1. The molecule has 0 aliphatic carbocycles. The maximum absolute atomic E-state index is 13.3. The topological polar surface area (TPSA) is 88.5 Å². The first-order valence-electron chi connectivity index (χ1n) is 8.18. The minimum absolute atomic E-state index is 0.0193. The van der Waals surface area contributed by atoms with Crippen molar-refractivity contribution in [3.8, 4) is 11.4 Å². The molecule has 0 bridgehead atoms. The minimum atomic E-state index is -4.57. The van der Waals surface area contributed by atoms with E-state index in [9.17, 15) is 18.0 Å². The fourth-order valence-electron chi connectivity index (χ4n) is 2.68. The van der Waals surface area contributed by atoms with Gasteiger partial charge in [-0.3, -0.25) is 9.89 Å². The van der Waals surface area contributed by atoms with Gasteiger partial charge in [0.1, 0.15) is 11.9 Å². The summed E-state index contributed by atoms with van der Waals surface area (Å²) in [5, 5.41) is 9.04. The highest BCUT2D eigenvalue weighted by Crippen LogP contribution is 2.34. The lowest BCUT2D eigenvalue weighted by Gasteiger charge is -2.17. The number of aromatic amines is 1. The Balaban J connectivity index is 1.95. The van der Waals surface area contributed by atoms with Crippen LogP contribution in [0.1, 0.15) is 30.8 Å². The van der Waals surface area contributed by atoms with Crippen molar-refractivity contribution in [1.82, 2.24) is 24.7 Å². The maximum atomic E-state index is 13.3. The summed E-state index contributed by atoms with van der Waals surface area (Å²) in [6.07, 6.45) is 0.525. The maximum Gasteiger partial charge on any atom is 0.416 e. The zero-order valence-electron chi connectivity index (χ0n) is 14.6. The fraction of sp³-hybridized carbons (Fsp3) is 0.294. The molecule has 1 unspecified atom stereocenters. The average molecular weight is 378 g/mol. The van der Waals surface area contributed by atoms with Gasteiger partial charge in [-0.25, -0.2) is 9.97 Å². The third-order valence-corrected chi connectivity index (χ3v) is 3.96. The first kappa shape index (κ1) is 18.6. The molecule has 3 aromatic rings. The molecule has 0 saturated heterocycles. The number of hydrogen-bond acceptors (Lipinski definition) is 4. The summed E-state index contributed by atoms with van der Waals surface area (Å²) >= 11 is 0. The molecule has 0 aliphatic heterocycles. The Kier molecular flexibility index (Phi) is 4.98. The first-order chi connectivity index (χ1) is 12.8. The van der Waals surface area contributed by atoms with Crippen LogP contribution in [0.4, 0.5) is 18.9 Å². The summed E-state index contributed by atoms with van der Waals surface area (Å²) in [6.45, 7) is 3.45. The number of nitrogens with zero attached hydrogens (tertiary/aromatic N) is 4. The van der Waals surface area contributed by atoms with Crippen molar-refractivity contribution >= 4 is 11.6 Å². The zero-order chi connectivity index (χ0) is 19.6. The van der Waals surface area contributed by atoms with Crippen LogP contribution in [0.2, 0.25) is 0 Å². The predicted molar refractivity (Wildman–Crippen MR) is 91.7 cm³/mol. The van der Waals surface area contributed by atoms with Gasteiger partial charge in [0.25, 0.3) is 0 Å². The normalized spacial score (nSPS) is 12.8. The molecule has 142 valence electrons. The Hall–Kier alpha value is -3.17. The number of alkyl halides is 3. The number of imidazole rings is 1. The van der Waals surface area contributed by atoms with Gasteiger partial charge < -0.3 is 9.88 Å². The van der Waals surface area contributed by atoms with Crippen molar-refractivity contribution < 1.29 is 18.0 Å². The molecule has 0 saturated carbocycles. The van der Waals surface area contributed by atoms with Gasteiger partial charge in [0.15, 0.2) is 5.82 Å². The molecule has 0 aliphatic rings. The second-order valence-electron chi connectivity index (χ2n) is 5.96. The number of benzene rings is 1. The van der Waals surface area contributed by atoms with Crippen molar-refractivity contribution in [2.75, 3.05) is 5.32 Å². The van der Waals surface area contributed by atoms with E-state index in [4.69, 9.17) is 0 Å². The van der Waals surface area contributed by atoms with Gasteiger partial charge in [0, 0.05) is 23.6 Å². The van der Waals surface area contributed by atoms with Crippen molar-refractivity contribution in [2.24, 2.45) is 0 Å². The number of carbonyl (C=O) groups is 1. The SMILES string of the molecule is CCC(C(=O)Nc1cc(-c2n[nH]c(C)n2)cc(C(F)(F)F)c1)n1ccnc1. The smallest absolute Gasteiger partial charge is 0.325 e. The highest BCUT2D eigenvalue weighted by atomic mass is 19.4. The number of nitrogens with one attached hydrogen (secondary N) is 2. The molecule has 2 heterocycles. The minimum Gasteiger partial charge on any atom is -0.325 e. The van der Waals surface area contributed by atoms with Crippen molar-refractivity contribution in [2.45, 2.75) is 32.5 Å². The van der Waals surface area contributed by atoms with Crippen LogP contribution in [0.15, 0.2) is 36.9 Å². The third-order valence-electron chi connectivity index (χ3n) is 3.96. The molecule has 0 radical (unpaired) electrons. The molecule has 1 amide bonds. The predicted octanol–water partition coefficient (Wildman–Crippen LogP) is 3.59. The quantitative estimate of drug-likeness (QED) is 0.710. The van der Waals surface area contributed by atoms with Crippen LogP contribution in [-0.4, -0.2) is 30.6 Å². The van der Waals surface area contributed by atoms with Gasteiger partial charge >= 0.3 is 6.18 Å². The van der Waals surface area contributed by atoms with E-state index < -0.39 is 23.7 Å². The molecule has 2 aromatic heterocycles. The van der Waals surface area contributed by atoms with E-state index in [1.165, 1.54) is 18.6 Å². The Labute approximate surface area is 152 Å². The summed E-state index contributed by atoms with van der Waals surface area (Å²) in [7, 11) is 0. The van der Waals surface area contributed by atoms with E-state index in [2.05, 4.69) is 25.5 Å². The molecule has 3 rings (SSSR count). The van der Waals surface area contributed by atoms with Crippen LogP contribution in [0.3, 0.4) is 0 Å². The number of hydrogen-bond donors (Lipinski definition) is 2.